The van der Waals surface area contributed by atoms with Gasteiger partial charge in [0.25, 0.3) is 0 Å². The van der Waals surface area contributed by atoms with Crippen LogP contribution >= 0.6 is 0 Å². The Hall–Kier alpha value is -3.56. The Kier molecular flexibility index (Phi) is 7.11. The average Bonchev–Trinajstić information content (AvgIpc) is 3.28. The summed E-state index contributed by atoms with van der Waals surface area (Å²) in [5.74, 6) is -0.190. The third kappa shape index (κ3) is 6.46. The zero-order chi connectivity index (χ0) is 22.3. The van der Waals surface area contributed by atoms with Crippen molar-refractivity contribution in [3.8, 4) is 11.5 Å². The molecule has 3 aromatic rings. The lowest BCUT2D eigenvalue weighted by molar-refractivity contribution is -0.116. The smallest absolute Gasteiger partial charge is 0.244 e. The van der Waals surface area contributed by atoms with Crippen LogP contribution in [-0.2, 0) is 27.8 Å². The Morgan fingerprint density at radius 3 is 2.48 bits per heavy atom. The van der Waals surface area contributed by atoms with Gasteiger partial charge in [0.2, 0.25) is 15.9 Å². The van der Waals surface area contributed by atoms with Crippen LogP contribution in [-0.4, -0.2) is 31.1 Å². The lowest BCUT2D eigenvalue weighted by atomic mass is 10.1. The maximum Gasteiger partial charge on any atom is 0.244 e. The molecule has 8 nitrogen and oxygen atoms in total. The van der Waals surface area contributed by atoms with Gasteiger partial charge in [-0.1, -0.05) is 18.2 Å². The molecule has 0 unspecified atom stereocenters. The Balaban J connectivity index is 1.49. The lowest BCUT2D eigenvalue weighted by Gasteiger charge is -2.06. The highest BCUT2D eigenvalue weighted by atomic mass is 32.2. The molecule has 0 aliphatic rings. The predicted octanol–water partition coefficient (Wildman–Crippen LogP) is 2.54. The molecule has 0 fully saturated rings. The number of phenolic OH excluding ortho intramolecular Hbond substituents is 2. The number of nitrogens with one attached hydrogen (secondary N) is 2. The highest BCUT2D eigenvalue weighted by Crippen LogP contribution is 2.24. The second-order valence-electron chi connectivity index (χ2n) is 6.67. The molecule has 1 heterocycles. The van der Waals surface area contributed by atoms with Gasteiger partial charge in [0, 0.05) is 12.6 Å². The molecule has 4 N–H and O–H groups in total. The van der Waals surface area contributed by atoms with Crippen molar-refractivity contribution in [2.75, 3.05) is 6.54 Å². The van der Waals surface area contributed by atoms with Gasteiger partial charge in [-0.05, 0) is 60.0 Å². The van der Waals surface area contributed by atoms with E-state index in [2.05, 4.69) is 10.0 Å². The first-order valence-electron chi connectivity index (χ1n) is 9.42. The fourth-order valence-corrected chi connectivity index (χ4v) is 3.70. The van der Waals surface area contributed by atoms with Crippen molar-refractivity contribution < 1.29 is 27.8 Å². The van der Waals surface area contributed by atoms with Gasteiger partial charge in [-0.3, -0.25) is 4.79 Å². The number of hydrogen-bond acceptors (Lipinski definition) is 6. The van der Waals surface area contributed by atoms with Crippen LogP contribution in [0.1, 0.15) is 16.9 Å². The van der Waals surface area contributed by atoms with Gasteiger partial charge < -0.3 is 19.9 Å². The van der Waals surface area contributed by atoms with Crippen LogP contribution in [0, 0.1) is 0 Å². The van der Waals surface area contributed by atoms with Crippen molar-refractivity contribution in [1.29, 1.82) is 0 Å². The number of sulfonamides is 1. The minimum absolute atomic E-state index is 0.0565. The monoisotopic (exact) mass is 442 g/mol. The highest BCUT2D eigenvalue weighted by molar-refractivity contribution is 7.89. The van der Waals surface area contributed by atoms with E-state index in [4.69, 9.17) is 4.42 Å². The highest BCUT2D eigenvalue weighted by Gasteiger charge is 2.14. The maximum absolute atomic E-state index is 12.3. The van der Waals surface area contributed by atoms with Crippen LogP contribution in [0.25, 0.3) is 6.08 Å². The van der Waals surface area contributed by atoms with E-state index in [0.717, 1.165) is 5.56 Å². The van der Waals surface area contributed by atoms with Crippen molar-refractivity contribution in [3.05, 3.63) is 83.8 Å². The first-order valence-corrected chi connectivity index (χ1v) is 10.9. The second-order valence-corrected chi connectivity index (χ2v) is 8.44. The second kappa shape index (κ2) is 9.96. The Labute approximate surface area is 179 Å². The van der Waals surface area contributed by atoms with Crippen LogP contribution in [0.3, 0.4) is 0 Å². The molecule has 0 bridgehead atoms. The number of benzene rings is 2. The zero-order valence-electron chi connectivity index (χ0n) is 16.5. The first-order chi connectivity index (χ1) is 14.8. The number of phenols is 2. The molecule has 9 heteroatoms. The van der Waals surface area contributed by atoms with Crippen molar-refractivity contribution in [2.24, 2.45) is 0 Å². The van der Waals surface area contributed by atoms with Crippen LogP contribution in [0.5, 0.6) is 11.5 Å². The molecule has 0 spiro atoms. The Morgan fingerprint density at radius 1 is 1.03 bits per heavy atom. The van der Waals surface area contributed by atoms with E-state index in [-0.39, 0.29) is 28.8 Å². The largest absolute Gasteiger partial charge is 0.504 e. The van der Waals surface area contributed by atoms with E-state index >= 15 is 0 Å². The van der Waals surface area contributed by atoms with Crippen molar-refractivity contribution in [1.82, 2.24) is 10.0 Å². The summed E-state index contributed by atoms with van der Waals surface area (Å²) in [5, 5.41) is 21.5. The van der Waals surface area contributed by atoms with Gasteiger partial charge in [-0.15, -0.1) is 0 Å². The fourth-order valence-electron chi connectivity index (χ4n) is 2.71. The molecule has 3 rings (SSSR count). The number of furan rings is 1. The SMILES string of the molecule is O=C(/C=C/c1ccc(S(=O)(=O)NCc2ccco2)cc1)NCCc1ccc(O)c(O)c1. The van der Waals surface area contributed by atoms with Crippen LogP contribution < -0.4 is 10.0 Å². The molecule has 0 saturated heterocycles. The fraction of sp³-hybridized carbons (Fsp3) is 0.136. The first kappa shape index (κ1) is 22.1. The van der Waals surface area contributed by atoms with Crippen molar-refractivity contribution >= 4 is 22.0 Å². The molecule has 31 heavy (non-hydrogen) atoms. The third-order valence-corrected chi connectivity index (χ3v) is 5.80. The number of hydrogen-bond donors (Lipinski definition) is 4. The quantitative estimate of drug-likeness (QED) is 0.298. The molecule has 162 valence electrons. The summed E-state index contributed by atoms with van der Waals surface area (Å²) in [7, 11) is -3.68. The Bertz CT molecular complexity index is 1150. The van der Waals surface area contributed by atoms with E-state index in [1.165, 1.54) is 36.6 Å². The number of rotatable bonds is 9. The van der Waals surface area contributed by atoms with E-state index in [1.807, 2.05) is 0 Å². The summed E-state index contributed by atoms with van der Waals surface area (Å²) < 4.78 is 32.2. The summed E-state index contributed by atoms with van der Waals surface area (Å²) in [6, 6.07) is 14.0. The molecule has 0 radical (unpaired) electrons. The van der Waals surface area contributed by atoms with Gasteiger partial charge in [-0.25, -0.2) is 13.1 Å². The number of carbonyl (C=O) groups excluding carboxylic acids is 1. The normalized spacial score (nSPS) is 11.6. The van der Waals surface area contributed by atoms with Crippen molar-refractivity contribution in [3.63, 3.8) is 0 Å². The third-order valence-electron chi connectivity index (χ3n) is 4.39. The van der Waals surface area contributed by atoms with Crippen LogP contribution in [0.2, 0.25) is 0 Å². The number of aromatic hydroxyl groups is 2. The van der Waals surface area contributed by atoms with Crippen LogP contribution in [0.15, 0.2) is 76.2 Å². The topological polar surface area (TPSA) is 129 Å². The van der Waals surface area contributed by atoms with E-state index in [1.54, 1.807) is 36.4 Å². The summed E-state index contributed by atoms with van der Waals surface area (Å²) in [5.41, 5.74) is 1.45. The van der Waals surface area contributed by atoms with Gasteiger partial charge >= 0.3 is 0 Å². The average molecular weight is 442 g/mol. The molecule has 0 aliphatic carbocycles. The van der Waals surface area contributed by atoms with Gasteiger partial charge in [0.1, 0.15) is 5.76 Å². The van der Waals surface area contributed by atoms with E-state index in [9.17, 15) is 23.4 Å². The molecular weight excluding hydrogens is 420 g/mol. The molecule has 0 aliphatic heterocycles. The standard InChI is InChI=1S/C22H22N2O6S/c25-20-9-5-17(14-21(20)26)11-12-23-22(27)10-6-16-3-7-19(8-4-16)31(28,29)24-15-18-2-1-13-30-18/h1-10,13-14,24-26H,11-12,15H2,(H,23,27)/b10-6+. The predicted molar refractivity (Wildman–Crippen MR) is 115 cm³/mol. The summed E-state index contributed by atoms with van der Waals surface area (Å²) in [6.45, 7) is 0.410. The summed E-state index contributed by atoms with van der Waals surface area (Å²) in [4.78, 5) is 12.1. The lowest BCUT2D eigenvalue weighted by Crippen LogP contribution is -2.23. The van der Waals surface area contributed by atoms with E-state index < -0.39 is 10.0 Å². The zero-order valence-corrected chi connectivity index (χ0v) is 17.3. The van der Waals surface area contributed by atoms with Crippen LogP contribution in [0.4, 0.5) is 0 Å². The number of amides is 1. The maximum atomic E-state index is 12.3. The van der Waals surface area contributed by atoms with Gasteiger partial charge in [0.05, 0.1) is 17.7 Å². The minimum Gasteiger partial charge on any atom is -0.504 e. The summed E-state index contributed by atoms with van der Waals surface area (Å²) in [6.07, 6.45) is 4.89. The molecule has 1 aromatic heterocycles. The number of carbonyl (C=O) groups is 1. The molecule has 2 aromatic carbocycles. The van der Waals surface area contributed by atoms with E-state index in [0.29, 0.717) is 24.3 Å². The van der Waals surface area contributed by atoms with Crippen molar-refractivity contribution in [2.45, 2.75) is 17.9 Å². The van der Waals surface area contributed by atoms with Gasteiger partial charge in [-0.2, -0.15) is 0 Å². The Morgan fingerprint density at radius 2 is 1.81 bits per heavy atom. The molecular formula is C22H22N2O6S. The summed E-state index contributed by atoms with van der Waals surface area (Å²) >= 11 is 0. The minimum atomic E-state index is -3.68. The molecule has 1 amide bonds. The van der Waals surface area contributed by atoms with Gasteiger partial charge in [0.15, 0.2) is 11.5 Å². The molecule has 0 atom stereocenters. The molecule has 0 saturated carbocycles.